The van der Waals surface area contributed by atoms with E-state index in [0.717, 1.165) is 11.5 Å². The molecule has 3 nitrogen and oxygen atoms in total. The Labute approximate surface area is 87.2 Å². The van der Waals surface area contributed by atoms with Gasteiger partial charge < -0.3 is 5.73 Å². The molecule has 1 unspecified atom stereocenters. The van der Waals surface area contributed by atoms with Crippen molar-refractivity contribution in [2.24, 2.45) is 0 Å². The highest BCUT2D eigenvalue weighted by Gasteiger charge is 2.11. The Morgan fingerprint density at radius 3 is 2.86 bits per heavy atom. The number of hydrogen-bond acceptors (Lipinski definition) is 3. The van der Waals surface area contributed by atoms with Crippen LogP contribution in [0.1, 0.15) is 24.2 Å². The summed E-state index contributed by atoms with van der Waals surface area (Å²) in [4.78, 5) is 0. The zero-order chi connectivity index (χ0) is 10.1. The van der Waals surface area contributed by atoms with Crippen LogP contribution in [-0.2, 0) is 0 Å². The van der Waals surface area contributed by atoms with Gasteiger partial charge in [0.05, 0.1) is 11.7 Å². The first-order valence-corrected chi connectivity index (χ1v) is 5.46. The molecule has 74 valence electrons. The third-order valence-electron chi connectivity index (χ3n) is 2.28. The second-order valence-corrected chi connectivity index (χ2v) is 4.17. The molecule has 0 fully saturated rings. The first kappa shape index (κ1) is 9.27. The number of hydrogen-bond donors (Lipinski definition) is 1. The Morgan fingerprint density at radius 1 is 1.57 bits per heavy atom. The van der Waals surface area contributed by atoms with Gasteiger partial charge in [0.15, 0.2) is 0 Å². The van der Waals surface area contributed by atoms with Crippen molar-refractivity contribution in [2.75, 3.05) is 5.73 Å². The zero-order valence-corrected chi connectivity index (χ0v) is 9.08. The standard InChI is InChI=1S/C10H13N3S/c1-7-5-10(11)13(12-7)8(2)9-3-4-14-6-9/h3-6,8H,11H2,1-2H3. The Hall–Kier alpha value is -1.29. The third kappa shape index (κ3) is 1.53. The van der Waals surface area contributed by atoms with Crippen LogP contribution >= 0.6 is 11.3 Å². The van der Waals surface area contributed by atoms with Crippen molar-refractivity contribution in [1.29, 1.82) is 0 Å². The molecule has 2 heterocycles. The lowest BCUT2D eigenvalue weighted by atomic mass is 10.2. The predicted octanol–water partition coefficient (Wildman–Crippen LogP) is 2.44. The van der Waals surface area contributed by atoms with Gasteiger partial charge in [-0.3, -0.25) is 0 Å². The van der Waals surface area contributed by atoms with Crippen LogP contribution in [0.4, 0.5) is 5.82 Å². The lowest BCUT2D eigenvalue weighted by Crippen LogP contribution is -2.10. The lowest BCUT2D eigenvalue weighted by Gasteiger charge is -2.11. The van der Waals surface area contributed by atoms with E-state index in [9.17, 15) is 0 Å². The Kier molecular flexibility index (Phi) is 2.29. The molecule has 2 rings (SSSR count). The minimum atomic E-state index is 0.218. The molecule has 14 heavy (non-hydrogen) atoms. The SMILES string of the molecule is Cc1cc(N)n(C(C)c2ccsc2)n1. The molecule has 0 spiro atoms. The second kappa shape index (κ2) is 3.46. The highest BCUT2D eigenvalue weighted by Crippen LogP contribution is 2.22. The summed E-state index contributed by atoms with van der Waals surface area (Å²) in [5, 5.41) is 8.56. The van der Waals surface area contributed by atoms with Crippen LogP contribution in [-0.4, -0.2) is 9.78 Å². The molecule has 0 aliphatic rings. The van der Waals surface area contributed by atoms with Gasteiger partial charge in [0.25, 0.3) is 0 Å². The highest BCUT2D eigenvalue weighted by molar-refractivity contribution is 7.07. The van der Waals surface area contributed by atoms with Gasteiger partial charge in [-0.25, -0.2) is 4.68 Å². The molecule has 2 N–H and O–H groups in total. The van der Waals surface area contributed by atoms with Crippen LogP contribution in [0, 0.1) is 6.92 Å². The van der Waals surface area contributed by atoms with Gasteiger partial charge in [-0.1, -0.05) is 0 Å². The molecular weight excluding hydrogens is 194 g/mol. The molecule has 0 saturated heterocycles. The topological polar surface area (TPSA) is 43.8 Å². The molecule has 0 aliphatic heterocycles. The fraction of sp³-hybridized carbons (Fsp3) is 0.300. The average Bonchev–Trinajstić information content (AvgIpc) is 2.73. The van der Waals surface area contributed by atoms with E-state index in [-0.39, 0.29) is 6.04 Å². The van der Waals surface area contributed by atoms with Crippen LogP contribution in [0.2, 0.25) is 0 Å². The summed E-state index contributed by atoms with van der Waals surface area (Å²) < 4.78 is 1.86. The number of nitrogens with zero attached hydrogens (tertiary/aromatic N) is 2. The van der Waals surface area contributed by atoms with Gasteiger partial charge in [0, 0.05) is 6.07 Å². The first-order chi connectivity index (χ1) is 6.68. The number of rotatable bonds is 2. The van der Waals surface area contributed by atoms with Gasteiger partial charge in [-0.05, 0) is 36.2 Å². The van der Waals surface area contributed by atoms with Crippen molar-refractivity contribution in [3.05, 3.63) is 34.2 Å². The summed E-state index contributed by atoms with van der Waals surface area (Å²) in [5.74, 6) is 0.723. The van der Waals surface area contributed by atoms with Crippen LogP contribution in [0.15, 0.2) is 22.9 Å². The molecule has 0 radical (unpaired) electrons. The number of thiophene rings is 1. The normalized spacial score (nSPS) is 13.0. The summed E-state index contributed by atoms with van der Waals surface area (Å²) in [6.07, 6.45) is 0. The van der Waals surface area contributed by atoms with Gasteiger partial charge in [0.1, 0.15) is 5.82 Å². The van der Waals surface area contributed by atoms with Crippen LogP contribution in [0.3, 0.4) is 0 Å². The number of nitrogens with two attached hydrogens (primary N) is 1. The Balaban J connectivity index is 2.36. The maximum absolute atomic E-state index is 5.85. The van der Waals surface area contributed by atoms with Crippen molar-refractivity contribution < 1.29 is 0 Å². The fourth-order valence-electron chi connectivity index (χ4n) is 1.50. The molecule has 0 amide bonds. The molecule has 2 aromatic rings. The Bertz CT molecular complexity index is 417. The third-order valence-corrected chi connectivity index (χ3v) is 2.98. The number of aryl methyl sites for hydroxylation is 1. The summed E-state index contributed by atoms with van der Waals surface area (Å²) >= 11 is 1.69. The number of nitrogen functional groups attached to an aromatic ring is 1. The molecule has 0 aromatic carbocycles. The molecule has 0 saturated carbocycles. The summed E-state index contributed by atoms with van der Waals surface area (Å²) in [6, 6.07) is 4.21. The molecule has 0 bridgehead atoms. The Morgan fingerprint density at radius 2 is 2.36 bits per heavy atom. The average molecular weight is 207 g/mol. The van der Waals surface area contributed by atoms with Crippen molar-refractivity contribution in [3.63, 3.8) is 0 Å². The van der Waals surface area contributed by atoms with Crippen molar-refractivity contribution in [3.8, 4) is 0 Å². The van der Waals surface area contributed by atoms with Gasteiger partial charge in [-0.15, -0.1) is 0 Å². The van der Waals surface area contributed by atoms with Crippen LogP contribution in [0.25, 0.3) is 0 Å². The van der Waals surface area contributed by atoms with E-state index in [0.29, 0.717) is 0 Å². The zero-order valence-electron chi connectivity index (χ0n) is 8.27. The molecule has 4 heteroatoms. The maximum atomic E-state index is 5.85. The molecule has 0 aliphatic carbocycles. The fourth-order valence-corrected chi connectivity index (χ4v) is 2.25. The largest absolute Gasteiger partial charge is 0.384 e. The smallest absolute Gasteiger partial charge is 0.122 e. The van der Waals surface area contributed by atoms with Crippen molar-refractivity contribution in [2.45, 2.75) is 19.9 Å². The molecular formula is C10H13N3S. The molecule has 1 atom stereocenters. The van der Waals surface area contributed by atoms with E-state index in [4.69, 9.17) is 5.73 Å². The van der Waals surface area contributed by atoms with Gasteiger partial charge in [0.2, 0.25) is 0 Å². The van der Waals surface area contributed by atoms with E-state index in [2.05, 4.69) is 28.8 Å². The van der Waals surface area contributed by atoms with Crippen molar-refractivity contribution >= 4 is 17.2 Å². The second-order valence-electron chi connectivity index (χ2n) is 3.39. The van der Waals surface area contributed by atoms with Crippen LogP contribution < -0.4 is 5.73 Å². The minimum absolute atomic E-state index is 0.218. The van der Waals surface area contributed by atoms with Gasteiger partial charge >= 0.3 is 0 Å². The minimum Gasteiger partial charge on any atom is -0.384 e. The van der Waals surface area contributed by atoms with Gasteiger partial charge in [-0.2, -0.15) is 16.4 Å². The summed E-state index contributed by atoms with van der Waals surface area (Å²) in [5.41, 5.74) is 8.07. The van der Waals surface area contributed by atoms with E-state index < -0.39 is 0 Å². The monoisotopic (exact) mass is 207 g/mol. The summed E-state index contributed by atoms with van der Waals surface area (Å²) in [6.45, 7) is 4.05. The van der Waals surface area contributed by atoms with Crippen LogP contribution in [0.5, 0.6) is 0 Å². The highest BCUT2D eigenvalue weighted by atomic mass is 32.1. The number of aromatic nitrogens is 2. The van der Waals surface area contributed by atoms with E-state index in [1.54, 1.807) is 11.3 Å². The lowest BCUT2D eigenvalue weighted by molar-refractivity contribution is 0.570. The van der Waals surface area contributed by atoms with Crippen molar-refractivity contribution in [1.82, 2.24) is 9.78 Å². The van der Waals surface area contributed by atoms with E-state index in [1.165, 1.54) is 5.56 Å². The number of anilines is 1. The summed E-state index contributed by atoms with van der Waals surface area (Å²) in [7, 11) is 0. The quantitative estimate of drug-likeness (QED) is 0.822. The predicted molar refractivity (Wildman–Crippen MR) is 59.5 cm³/mol. The van der Waals surface area contributed by atoms with E-state index in [1.807, 2.05) is 17.7 Å². The molecule has 2 aromatic heterocycles. The first-order valence-electron chi connectivity index (χ1n) is 4.52. The van der Waals surface area contributed by atoms with E-state index >= 15 is 0 Å². The maximum Gasteiger partial charge on any atom is 0.122 e.